The average molecular weight is 289 g/mol. The molecule has 3 heteroatoms. The fourth-order valence-electron chi connectivity index (χ4n) is 2.93. The zero-order chi connectivity index (χ0) is 15.3. The van der Waals surface area contributed by atoms with Crippen molar-refractivity contribution in [3.05, 3.63) is 23.9 Å². The van der Waals surface area contributed by atoms with E-state index in [4.69, 9.17) is 0 Å². The lowest BCUT2D eigenvalue weighted by atomic mass is 10.1. The molecule has 2 rings (SSSR count). The third-order valence-corrected chi connectivity index (χ3v) is 4.37. The van der Waals surface area contributed by atoms with Crippen LogP contribution in [0.2, 0.25) is 0 Å². The van der Waals surface area contributed by atoms with Gasteiger partial charge in [-0.15, -0.1) is 0 Å². The van der Waals surface area contributed by atoms with Gasteiger partial charge in [-0.1, -0.05) is 31.7 Å². The molecule has 0 atom stereocenters. The van der Waals surface area contributed by atoms with Crippen LogP contribution in [0.25, 0.3) is 0 Å². The molecule has 0 aromatic carbocycles. The molecule has 0 bridgehead atoms. The summed E-state index contributed by atoms with van der Waals surface area (Å²) in [4.78, 5) is 7.05. The highest BCUT2D eigenvalue weighted by Gasteiger charge is 2.18. The maximum Gasteiger partial charge on any atom is 0.128 e. The van der Waals surface area contributed by atoms with Crippen molar-refractivity contribution in [1.82, 2.24) is 10.3 Å². The van der Waals surface area contributed by atoms with Crippen LogP contribution in [-0.2, 0) is 6.54 Å². The first-order valence-electron chi connectivity index (χ1n) is 8.38. The Hall–Kier alpha value is -1.09. The smallest absolute Gasteiger partial charge is 0.128 e. The Kier molecular flexibility index (Phi) is 5.63. The lowest BCUT2D eigenvalue weighted by Gasteiger charge is -2.28. The highest BCUT2D eigenvalue weighted by molar-refractivity contribution is 5.39. The van der Waals surface area contributed by atoms with Crippen molar-refractivity contribution in [1.29, 1.82) is 0 Å². The summed E-state index contributed by atoms with van der Waals surface area (Å²) in [5.74, 6) is 1.11. The molecule has 1 aliphatic rings. The van der Waals surface area contributed by atoms with E-state index in [1.165, 1.54) is 44.1 Å². The molecule has 0 saturated heterocycles. The molecule has 0 radical (unpaired) electrons. The zero-order valence-corrected chi connectivity index (χ0v) is 14.2. The molecule has 1 aromatic heterocycles. The van der Waals surface area contributed by atoms with Gasteiger partial charge in [-0.2, -0.15) is 0 Å². The molecule has 0 aliphatic heterocycles. The van der Waals surface area contributed by atoms with Gasteiger partial charge in [-0.3, -0.25) is 0 Å². The van der Waals surface area contributed by atoms with Crippen LogP contribution in [-0.4, -0.2) is 23.6 Å². The van der Waals surface area contributed by atoms with Gasteiger partial charge < -0.3 is 10.2 Å². The van der Waals surface area contributed by atoms with E-state index in [0.29, 0.717) is 6.04 Å². The second kappa shape index (κ2) is 7.26. The molecule has 0 amide bonds. The van der Waals surface area contributed by atoms with Crippen LogP contribution in [0.5, 0.6) is 0 Å². The van der Waals surface area contributed by atoms with E-state index in [0.717, 1.165) is 12.4 Å². The fraction of sp³-hybridized carbons (Fsp3) is 0.722. The van der Waals surface area contributed by atoms with Gasteiger partial charge in [0.2, 0.25) is 0 Å². The predicted molar refractivity (Wildman–Crippen MR) is 90.7 cm³/mol. The normalized spacial score (nSPS) is 17.5. The number of nitrogens with one attached hydrogen (secondary N) is 1. The van der Waals surface area contributed by atoms with Gasteiger partial charge in [0.05, 0.1) is 0 Å². The topological polar surface area (TPSA) is 28.2 Å². The Morgan fingerprint density at radius 3 is 2.33 bits per heavy atom. The van der Waals surface area contributed by atoms with E-state index in [1.54, 1.807) is 0 Å². The molecule has 1 fully saturated rings. The molecule has 3 nitrogen and oxygen atoms in total. The quantitative estimate of drug-likeness (QED) is 0.845. The molecule has 21 heavy (non-hydrogen) atoms. The van der Waals surface area contributed by atoms with Crippen LogP contribution in [0.3, 0.4) is 0 Å². The second-order valence-electron chi connectivity index (χ2n) is 7.38. The minimum atomic E-state index is 0.149. The van der Waals surface area contributed by atoms with Gasteiger partial charge >= 0.3 is 0 Å². The van der Waals surface area contributed by atoms with Crippen LogP contribution in [0.15, 0.2) is 18.3 Å². The summed E-state index contributed by atoms with van der Waals surface area (Å²) in [5.41, 5.74) is 1.40. The molecule has 118 valence electrons. The molecular weight excluding hydrogens is 258 g/mol. The highest BCUT2D eigenvalue weighted by Crippen LogP contribution is 2.24. The van der Waals surface area contributed by atoms with Gasteiger partial charge in [0.15, 0.2) is 0 Å². The van der Waals surface area contributed by atoms with E-state index in [-0.39, 0.29) is 5.54 Å². The van der Waals surface area contributed by atoms with Gasteiger partial charge in [0, 0.05) is 31.4 Å². The van der Waals surface area contributed by atoms with Crippen molar-refractivity contribution in [2.75, 3.05) is 11.9 Å². The van der Waals surface area contributed by atoms with Crippen LogP contribution in [0, 0.1) is 0 Å². The summed E-state index contributed by atoms with van der Waals surface area (Å²) in [6, 6.07) is 5.04. The monoisotopic (exact) mass is 289 g/mol. The summed E-state index contributed by atoms with van der Waals surface area (Å²) in [7, 11) is 2.20. The van der Waals surface area contributed by atoms with Crippen LogP contribution >= 0.6 is 0 Å². The van der Waals surface area contributed by atoms with Crippen LogP contribution in [0.1, 0.15) is 64.9 Å². The molecule has 1 aliphatic carbocycles. The largest absolute Gasteiger partial charge is 0.357 e. The van der Waals surface area contributed by atoms with E-state index < -0.39 is 0 Å². The third kappa shape index (κ3) is 5.31. The molecule has 1 saturated carbocycles. The number of hydrogen-bond acceptors (Lipinski definition) is 3. The van der Waals surface area contributed by atoms with Crippen molar-refractivity contribution in [2.45, 2.75) is 77.4 Å². The van der Waals surface area contributed by atoms with E-state index in [9.17, 15) is 0 Å². The fourth-order valence-corrected chi connectivity index (χ4v) is 2.93. The number of anilines is 1. The number of pyridine rings is 1. The molecular formula is C18H31N3. The Labute approximate surface area is 130 Å². The van der Waals surface area contributed by atoms with E-state index in [1.807, 2.05) is 6.20 Å². The highest BCUT2D eigenvalue weighted by atomic mass is 15.2. The standard InChI is InChI=1S/C18H31N3/c1-18(2,3)20-14-15-11-12-17(19-13-15)21(4)16-9-7-5-6-8-10-16/h11-13,16,20H,5-10,14H2,1-4H3. The lowest BCUT2D eigenvalue weighted by Crippen LogP contribution is -2.35. The van der Waals surface area contributed by atoms with Gasteiger partial charge in [0.1, 0.15) is 5.82 Å². The van der Waals surface area contributed by atoms with Crippen LogP contribution < -0.4 is 10.2 Å². The van der Waals surface area contributed by atoms with E-state index in [2.05, 4.69) is 55.2 Å². The number of nitrogens with zero attached hydrogens (tertiary/aromatic N) is 2. The summed E-state index contributed by atoms with van der Waals surface area (Å²) < 4.78 is 0. The maximum atomic E-state index is 4.67. The predicted octanol–water partition coefficient (Wildman–Crippen LogP) is 4.13. The SMILES string of the molecule is CN(c1ccc(CNC(C)(C)C)cn1)C1CCCCCC1. The number of rotatable bonds is 4. The summed E-state index contributed by atoms with van der Waals surface area (Å²) >= 11 is 0. The Morgan fingerprint density at radius 1 is 1.14 bits per heavy atom. The number of hydrogen-bond donors (Lipinski definition) is 1. The van der Waals surface area contributed by atoms with Crippen molar-refractivity contribution in [3.8, 4) is 0 Å². The Morgan fingerprint density at radius 2 is 1.81 bits per heavy atom. The molecule has 0 unspecified atom stereocenters. The Bertz CT molecular complexity index is 411. The maximum absolute atomic E-state index is 4.67. The lowest BCUT2D eigenvalue weighted by molar-refractivity contribution is 0.424. The number of aromatic nitrogens is 1. The first-order valence-corrected chi connectivity index (χ1v) is 8.38. The molecule has 1 N–H and O–H groups in total. The summed E-state index contributed by atoms with van der Waals surface area (Å²) in [6.45, 7) is 7.45. The minimum Gasteiger partial charge on any atom is -0.357 e. The molecule has 1 aromatic rings. The summed E-state index contributed by atoms with van der Waals surface area (Å²) in [5, 5.41) is 3.50. The van der Waals surface area contributed by atoms with Crippen LogP contribution in [0.4, 0.5) is 5.82 Å². The first kappa shape index (κ1) is 16.3. The van der Waals surface area contributed by atoms with Crippen molar-refractivity contribution in [2.24, 2.45) is 0 Å². The van der Waals surface area contributed by atoms with Gasteiger partial charge in [-0.05, 0) is 45.2 Å². The third-order valence-electron chi connectivity index (χ3n) is 4.37. The molecule has 1 heterocycles. The molecule has 0 spiro atoms. The Balaban J connectivity index is 1.94. The van der Waals surface area contributed by atoms with Crippen molar-refractivity contribution >= 4 is 5.82 Å². The van der Waals surface area contributed by atoms with E-state index >= 15 is 0 Å². The zero-order valence-electron chi connectivity index (χ0n) is 14.2. The summed E-state index contributed by atoms with van der Waals surface area (Å²) in [6.07, 6.45) is 10.2. The van der Waals surface area contributed by atoms with Crippen molar-refractivity contribution in [3.63, 3.8) is 0 Å². The average Bonchev–Trinajstić information content (AvgIpc) is 2.73. The second-order valence-corrected chi connectivity index (χ2v) is 7.38. The van der Waals surface area contributed by atoms with Gasteiger partial charge in [-0.25, -0.2) is 4.98 Å². The van der Waals surface area contributed by atoms with Crippen molar-refractivity contribution < 1.29 is 0 Å². The first-order chi connectivity index (χ1) is 9.96. The van der Waals surface area contributed by atoms with Gasteiger partial charge in [0.25, 0.3) is 0 Å². The minimum absolute atomic E-state index is 0.149.